The molecule has 0 fully saturated rings. The van der Waals surface area contributed by atoms with E-state index in [1.807, 2.05) is 0 Å². The molecule has 0 aliphatic heterocycles. The highest BCUT2D eigenvalue weighted by atomic mass is 32.2. The Kier molecular flexibility index (Phi) is 16.5. The van der Waals surface area contributed by atoms with E-state index in [0.29, 0.717) is 0 Å². The molecule has 0 saturated carbocycles. The third-order valence-corrected chi connectivity index (χ3v) is 5.38. The van der Waals surface area contributed by atoms with Gasteiger partial charge in [-0.25, -0.2) is 0 Å². The fraction of sp³-hybridized carbons (Fsp3) is 0.909. The summed E-state index contributed by atoms with van der Waals surface area (Å²) in [5, 5.41) is 0. The molecule has 2 unspecified atom stereocenters. The first-order valence-corrected chi connectivity index (χ1v) is 11.3. The highest BCUT2D eigenvalue weighted by Gasteiger charge is 2.06. The Hall–Kier alpha value is 0.0500. The molecule has 2 atom stereocenters. The van der Waals surface area contributed by atoms with Crippen molar-refractivity contribution in [3.63, 3.8) is 0 Å². The lowest BCUT2D eigenvalue weighted by Crippen LogP contribution is -2.00. The molecule has 0 heterocycles. The molecule has 0 amide bonds. The van der Waals surface area contributed by atoms with E-state index < -0.39 is 0 Å². The minimum Gasteiger partial charge on any atom is -0.311 e. The Morgan fingerprint density at radius 1 is 0.875 bits per heavy atom. The zero-order valence-electron chi connectivity index (χ0n) is 17.4. The van der Waals surface area contributed by atoms with Crippen LogP contribution in [-0.2, 0) is 4.18 Å². The van der Waals surface area contributed by atoms with E-state index in [2.05, 4.69) is 47.6 Å². The van der Waals surface area contributed by atoms with Crippen molar-refractivity contribution in [1.82, 2.24) is 0 Å². The van der Waals surface area contributed by atoms with Crippen molar-refractivity contribution in [2.45, 2.75) is 99.3 Å². The van der Waals surface area contributed by atoms with Crippen molar-refractivity contribution in [3.05, 3.63) is 11.6 Å². The summed E-state index contributed by atoms with van der Waals surface area (Å²) < 4.78 is 5.44. The van der Waals surface area contributed by atoms with Crippen molar-refractivity contribution in [3.8, 4) is 0 Å². The lowest BCUT2D eigenvalue weighted by Gasteiger charge is -2.15. The lowest BCUT2D eigenvalue weighted by molar-refractivity contribution is 0.388. The van der Waals surface area contributed by atoms with E-state index in [9.17, 15) is 0 Å². The van der Waals surface area contributed by atoms with Gasteiger partial charge in [-0.05, 0) is 49.6 Å². The van der Waals surface area contributed by atoms with Crippen molar-refractivity contribution in [1.29, 1.82) is 0 Å². The third kappa shape index (κ3) is 16.9. The van der Waals surface area contributed by atoms with Gasteiger partial charge < -0.3 is 4.18 Å². The van der Waals surface area contributed by atoms with Gasteiger partial charge in [0, 0.05) is 5.75 Å². The summed E-state index contributed by atoms with van der Waals surface area (Å²) in [6.45, 7) is 14.7. The largest absolute Gasteiger partial charge is 0.311 e. The Labute approximate surface area is 157 Å². The van der Waals surface area contributed by atoms with Gasteiger partial charge in [0.1, 0.15) is 0 Å². The van der Waals surface area contributed by atoms with E-state index in [1.165, 1.54) is 63.4 Å². The van der Waals surface area contributed by atoms with Gasteiger partial charge in [0.25, 0.3) is 0 Å². The van der Waals surface area contributed by atoms with E-state index in [1.54, 1.807) is 12.0 Å². The SMILES string of the molecule is CCSOC/C=C(\C)CCCC(C)CCCC(C)CCCC(C)C. The van der Waals surface area contributed by atoms with E-state index in [0.717, 1.165) is 30.1 Å². The first-order valence-electron chi connectivity index (χ1n) is 10.4. The molecule has 0 spiro atoms. The molecule has 24 heavy (non-hydrogen) atoms. The van der Waals surface area contributed by atoms with Gasteiger partial charge in [-0.2, -0.15) is 0 Å². The topological polar surface area (TPSA) is 9.23 Å². The van der Waals surface area contributed by atoms with Gasteiger partial charge in [-0.15, -0.1) is 0 Å². The Bertz CT molecular complexity index is 298. The summed E-state index contributed by atoms with van der Waals surface area (Å²) in [5.41, 5.74) is 1.48. The number of hydrogen-bond donors (Lipinski definition) is 0. The Balaban J connectivity index is 3.56. The highest BCUT2D eigenvalue weighted by molar-refractivity contribution is 7.94. The molecule has 0 rings (SSSR count). The summed E-state index contributed by atoms with van der Waals surface area (Å²) in [7, 11) is 0. The van der Waals surface area contributed by atoms with Crippen LogP contribution in [0.15, 0.2) is 11.6 Å². The standard InChI is InChI=1S/C22H44OS/c1-7-24-23-18-17-22(6)16-10-15-21(5)14-9-13-20(4)12-8-11-19(2)3/h17,19-21H,7-16,18H2,1-6H3/b22-17+. The molecule has 1 nitrogen and oxygen atoms in total. The minimum absolute atomic E-state index is 0.759. The average molecular weight is 357 g/mol. The molecular formula is C22H44OS. The van der Waals surface area contributed by atoms with Crippen LogP contribution < -0.4 is 0 Å². The van der Waals surface area contributed by atoms with Gasteiger partial charge in [0.2, 0.25) is 0 Å². The second-order valence-electron chi connectivity index (χ2n) is 8.10. The third-order valence-electron chi connectivity index (χ3n) is 4.84. The monoisotopic (exact) mass is 356 g/mol. The maximum absolute atomic E-state index is 5.44. The number of allylic oxidation sites excluding steroid dienone is 1. The van der Waals surface area contributed by atoms with Crippen molar-refractivity contribution in [2.75, 3.05) is 12.4 Å². The first kappa shape index (κ1) is 24.1. The molecule has 0 aromatic rings. The van der Waals surface area contributed by atoms with E-state index >= 15 is 0 Å². The smallest absolute Gasteiger partial charge is 0.0797 e. The van der Waals surface area contributed by atoms with Gasteiger partial charge >= 0.3 is 0 Å². The molecule has 0 aliphatic carbocycles. The van der Waals surface area contributed by atoms with E-state index in [-0.39, 0.29) is 0 Å². The summed E-state index contributed by atoms with van der Waals surface area (Å²) in [5.74, 6) is 3.70. The van der Waals surface area contributed by atoms with Crippen LogP contribution in [0.3, 0.4) is 0 Å². The maximum atomic E-state index is 5.44. The van der Waals surface area contributed by atoms with Gasteiger partial charge in [0.05, 0.1) is 6.61 Å². The summed E-state index contributed by atoms with van der Waals surface area (Å²) in [4.78, 5) is 0. The van der Waals surface area contributed by atoms with Crippen LogP contribution in [0.2, 0.25) is 0 Å². The molecular weight excluding hydrogens is 312 g/mol. The fourth-order valence-corrected chi connectivity index (χ4v) is 3.45. The number of hydrogen-bond acceptors (Lipinski definition) is 2. The summed E-state index contributed by atoms with van der Waals surface area (Å²) >= 11 is 1.55. The molecule has 0 radical (unpaired) electrons. The van der Waals surface area contributed by atoms with Crippen molar-refractivity contribution >= 4 is 12.0 Å². The Morgan fingerprint density at radius 2 is 1.42 bits per heavy atom. The highest BCUT2D eigenvalue weighted by Crippen LogP contribution is 2.22. The molecule has 0 bridgehead atoms. The predicted octanol–water partition coefficient (Wildman–Crippen LogP) is 8.06. The average Bonchev–Trinajstić information content (AvgIpc) is 2.51. The normalized spacial score (nSPS) is 15.0. The van der Waals surface area contributed by atoms with Crippen LogP contribution in [0, 0.1) is 17.8 Å². The minimum atomic E-state index is 0.759. The quantitative estimate of drug-likeness (QED) is 0.157. The number of rotatable bonds is 16. The van der Waals surface area contributed by atoms with E-state index in [4.69, 9.17) is 4.18 Å². The maximum Gasteiger partial charge on any atom is 0.0797 e. The van der Waals surface area contributed by atoms with Crippen LogP contribution >= 0.6 is 12.0 Å². The lowest BCUT2D eigenvalue weighted by atomic mass is 9.91. The molecule has 0 aliphatic rings. The molecule has 144 valence electrons. The van der Waals surface area contributed by atoms with Gasteiger partial charge in [-0.1, -0.05) is 91.2 Å². The van der Waals surface area contributed by atoms with Crippen molar-refractivity contribution in [2.24, 2.45) is 17.8 Å². The molecule has 0 saturated heterocycles. The van der Waals surface area contributed by atoms with Gasteiger partial charge in [0.15, 0.2) is 0 Å². The second kappa shape index (κ2) is 16.5. The summed E-state index contributed by atoms with van der Waals surface area (Å²) in [6.07, 6.45) is 14.7. The van der Waals surface area contributed by atoms with Gasteiger partial charge in [-0.3, -0.25) is 0 Å². The Morgan fingerprint density at radius 3 is 1.96 bits per heavy atom. The van der Waals surface area contributed by atoms with Crippen LogP contribution in [0.5, 0.6) is 0 Å². The zero-order chi connectivity index (χ0) is 18.2. The fourth-order valence-electron chi connectivity index (χ4n) is 3.12. The molecule has 0 N–H and O–H groups in total. The predicted molar refractivity (Wildman–Crippen MR) is 113 cm³/mol. The first-order chi connectivity index (χ1) is 11.5. The van der Waals surface area contributed by atoms with Crippen LogP contribution in [-0.4, -0.2) is 12.4 Å². The molecule has 0 aromatic heterocycles. The van der Waals surface area contributed by atoms with Crippen molar-refractivity contribution < 1.29 is 4.18 Å². The second-order valence-corrected chi connectivity index (χ2v) is 9.15. The zero-order valence-corrected chi connectivity index (χ0v) is 18.2. The summed E-state index contributed by atoms with van der Waals surface area (Å²) in [6, 6.07) is 0. The van der Waals surface area contributed by atoms with Crippen LogP contribution in [0.1, 0.15) is 99.3 Å². The van der Waals surface area contributed by atoms with Crippen LogP contribution in [0.25, 0.3) is 0 Å². The molecule has 2 heteroatoms. The molecule has 0 aromatic carbocycles. The van der Waals surface area contributed by atoms with Crippen LogP contribution in [0.4, 0.5) is 0 Å².